The van der Waals surface area contributed by atoms with Crippen molar-refractivity contribution in [2.45, 2.75) is 38.7 Å². The molecule has 134 valence electrons. The number of imide groups is 1. The third-order valence-corrected chi connectivity index (χ3v) is 4.82. The maximum Gasteiger partial charge on any atom is 0.261 e. The molecule has 1 aromatic carbocycles. The predicted octanol–water partition coefficient (Wildman–Crippen LogP) is 2.33. The van der Waals surface area contributed by atoms with E-state index < -0.39 is 0 Å². The zero-order valence-electron chi connectivity index (χ0n) is 14.8. The number of amides is 3. The van der Waals surface area contributed by atoms with Crippen LogP contribution in [0, 0.1) is 0 Å². The van der Waals surface area contributed by atoms with Gasteiger partial charge in [-0.2, -0.15) is 0 Å². The number of benzene rings is 1. The van der Waals surface area contributed by atoms with E-state index in [1.807, 2.05) is 0 Å². The molecular formula is C19H24N2O4. The summed E-state index contributed by atoms with van der Waals surface area (Å²) in [6.45, 7) is 3.70. The Hall–Kier alpha value is -2.21. The van der Waals surface area contributed by atoms with Crippen molar-refractivity contribution in [2.24, 2.45) is 0 Å². The van der Waals surface area contributed by atoms with Gasteiger partial charge in [-0.05, 0) is 37.5 Å². The predicted molar refractivity (Wildman–Crippen MR) is 92.7 cm³/mol. The molecule has 0 spiro atoms. The number of carbonyl (C=O) groups is 3. The highest BCUT2D eigenvalue weighted by Gasteiger charge is 2.38. The fraction of sp³-hybridized carbons (Fsp3) is 0.526. The summed E-state index contributed by atoms with van der Waals surface area (Å²) in [5.41, 5.74) is 1.13. The van der Waals surface area contributed by atoms with Crippen molar-refractivity contribution in [2.75, 3.05) is 26.7 Å². The normalized spacial score (nSPS) is 19.4. The molecule has 25 heavy (non-hydrogen) atoms. The standard InChI is InChI=1S/C19H24N2O4/c1-3-4-9-20(2)17(22)13-7-8-15-16(11-13)19(24)21(18(15)23)12-14-6-5-10-25-14/h7-8,11,14H,3-6,9-10,12H2,1-2H3. The highest BCUT2D eigenvalue weighted by atomic mass is 16.5. The van der Waals surface area contributed by atoms with Gasteiger partial charge in [0.1, 0.15) is 0 Å². The van der Waals surface area contributed by atoms with Crippen molar-refractivity contribution in [3.63, 3.8) is 0 Å². The molecule has 2 aliphatic rings. The second kappa shape index (κ2) is 7.35. The van der Waals surface area contributed by atoms with Crippen LogP contribution in [0.1, 0.15) is 63.7 Å². The van der Waals surface area contributed by atoms with Crippen LogP contribution < -0.4 is 0 Å². The third kappa shape index (κ3) is 3.44. The first-order chi connectivity index (χ1) is 12.0. The molecule has 0 N–H and O–H groups in total. The van der Waals surface area contributed by atoms with Crippen molar-refractivity contribution in [3.05, 3.63) is 34.9 Å². The molecule has 1 atom stereocenters. The molecule has 6 heteroatoms. The van der Waals surface area contributed by atoms with E-state index in [1.54, 1.807) is 30.1 Å². The van der Waals surface area contributed by atoms with Crippen molar-refractivity contribution < 1.29 is 19.1 Å². The number of hydrogen-bond donors (Lipinski definition) is 0. The molecule has 0 aromatic heterocycles. The number of fused-ring (bicyclic) bond motifs is 1. The molecule has 3 rings (SSSR count). The van der Waals surface area contributed by atoms with Gasteiger partial charge in [0.2, 0.25) is 0 Å². The van der Waals surface area contributed by atoms with Crippen LogP contribution in [0.4, 0.5) is 0 Å². The topological polar surface area (TPSA) is 66.9 Å². The lowest BCUT2D eigenvalue weighted by molar-refractivity contribution is 0.0475. The van der Waals surface area contributed by atoms with Crippen LogP contribution in [-0.4, -0.2) is 60.4 Å². The third-order valence-electron chi connectivity index (χ3n) is 4.82. The summed E-state index contributed by atoms with van der Waals surface area (Å²) in [5.74, 6) is -0.760. The van der Waals surface area contributed by atoms with Crippen LogP contribution >= 0.6 is 0 Å². The first-order valence-electron chi connectivity index (χ1n) is 8.90. The summed E-state index contributed by atoms with van der Waals surface area (Å²) < 4.78 is 5.53. The molecular weight excluding hydrogens is 320 g/mol. The van der Waals surface area contributed by atoms with Crippen molar-refractivity contribution >= 4 is 17.7 Å². The van der Waals surface area contributed by atoms with Gasteiger partial charge in [0.25, 0.3) is 17.7 Å². The summed E-state index contributed by atoms with van der Waals surface area (Å²) in [6, 6.07) is 4.77. The maximum atomic E-state index is 12.6. The average molecular weight is 344 g/mol. The van der Waals surface area contributed by atoms with Gasteiger partial charge in [-0.15, -0.1) is 0 Å². The molecule has 1 unspecified atom stereocenters. The lowest BCUT2D eigenvalue weighted by Gasteiger charge is -2.18. The Morgan fingerprint density at radius 3 is 2.72 bits per heavy atom. The van der Waals surface area contributed by atoms with Crippen molar-refractivity contribution in [3.8, 4) is 0 Å². The molecule has 6 nitrogen and oxygen atoms in total. The van der Waals surface area contributed by atoms with Crippen molar-refractivity contribution in [1.82, 2.24) is 9.80 Å². The van der Waals surface area contributed by atoms with E-state index in [1.165, 1.54) is 4.90 Å². The molecule has 0 saturated carbocycles. The largest absolute Gasteiger partial charge is 0.376 e. The van der Waals surface area contributed by atoms with E-state index in [4.69, 9.17) is 4.74 Å². The fourth-order valence-corrected chi connectivity index (χ4v) is 3.30. The van der Waals surface area contributed by atoms with E-state index in [2.05, 4.69) is 6.92 Å². The molecule has 2 aliphatic heterocycles. The zero-order valence-corrected chi connectivity index (χ0v) is 14.8. The molecule has 1 saturated heterocycles. The Bertz CT molecular complexity index is 695. The summed E-state index contributed by atoms with van der Waals surface area (Å²) in [5, 5.41) is 0. The quantitative estimate of drug-likeness (QED) is 0.743. The van der Waals surface area contributed by atoms with Crippen LogP contribution in [0.15, 0.2) is 18.2 Å². The molecule has 3 amide bonds. The van der Waals surface area contributed by atoms with E-state index in [0.29, 0.717) is 29.8 Å². The van der Waals surface area contributed by atoms with Gasteiger partial charge in [-0.25, -0.2) is 0 Å². The summed E-state index contributed by atoms with van der Waals surface area (Å²) >= 11 is 0. The van der Waals surface area contributed by atoms with Gasteiger partial charge in [0, 0.05) is 25.8 Å². The number of carbonyl (C=O) groups excluding carboxylic acids is 3. The molecule has 0 aliphatic carbocycles. The maximum absolute atomic E-state index is 12.6. The van der Waals surface area contributed by atoms with Gasteiger partial charge < -0.3 is 9.64 Å². The van der Waals surface area contributed by atoms with Crippen LogP contribution in [0.25, 0.3) is 0 Å². The Morgan fingerprint density at radius 1 is 1.28 bits per heavy atom. The minimum Gasteiger partial charge on any atom is -0.376 e. The number of unbranched alkanes of at least 4 members (excludes halogenated alkanes) is 1. The van der Waals surface area contributed by atoms with E-state index in [-0.39, 0.29) is 30.4 Å². The minimum absolute atomic E-state index is 0.0801. The lowest BCUT2D eigenvalue weighted by atomic mass is 10.0. The minimum atomic E-state index is -0.332. The van der Waals surface area contributed by atoms with Crippen LogP contribution in [0.3, 0.4) is 0 Å². The van der Waals surface area contributed by atoms with Gasteiger partial charge in [0.05, 0.1) is 23.8 Å². The average Bonchev–Trinajstić information content (AvgIpc) is 3.22. The lowest BCUT2D eigenvalue weighted by Crippen LogP contribution is -2.36. The first kappa shape index (κ1) is 17.6. The van der Waals surface area contributed by atoms with Crippen LogP contribution in [0.2, 0.25) is 0 Å². The fourth-order valence-electron chi connectivity index (χ4n) is 3.30. The Labute approximate surface area is 147 Å². The molecule has 1 aromatic rings. The highest BCUT2D eigenvalue weighted by molar-refractivity contribution is 6.22. The monoisotopic (exact) mass is 344 g/mol. The molecule has 1 fully saturated rings. The number of nitrogens with zero attached hydrogens (tertiary/aromatic N) is 2. The Balaban J connectivity index is 1.77. The summed E-state index contributed by atoms with van der Waals surface area (Å²) in [4.78, 5) is 40.5. The van der Waals surface area contributed by atoms with Gasteiger partial charge in [0.15, 0.2) is 0 Å². The number of ether oxygens (including phenoxy) is 1. The smallest absolute Gasteiger partial charge is 0.261 e. The van der Waals surface area contributed by atoms with Crippen molar-refractivity contribution in [1.29, 1.82) is 0 Å². The van der Waals surface area contributed by atoms with E-state index in [0.717, 1.165) is 25.7 Å². The zero-order chi connectivity index (χ0) is 18.0. The molecule has 0 bridgehead atoms. The van der Waals surface area contributed by atoms with Crippen LogP contribution in [0.5, 0.6) is 0 Å². The molecule has 0 radical (unpaired) electrons. The Kier molecular flexibility index (Phi) is 5.18. The van der Waals surface area contributed by atoms with Gasteiger partial charge >= 0.3 is 0 Å². The highest BCUT2D eigenvalue weighted by Crippen LogP contribution is 2.26. The van der Waals surface area contributed by atoms with Gasteiger partial charge in [-0.3, -0.25) is 19.3 Å². The first-order valence-corrected chi connectivity index (χ1v) is 8.90. The Morgan fingerprint density at radius 2 is 2.04 bits per heavy atom. The van der Waals surface area contributed by atoms with Gasteiger partial charge in [-0.1, -0.05) is 13.3 Å². The second-order valence-electron chi connectivity index (χ2n) is 6.70. The van der Waals surface area contributed by atoms with E-state index in [9.17, 15) is 14.4 Å². The SMILES string of the molecule is CCCCN(C)C(=O)c1ccc2c(c1)C(=O)N(CC1CCCO1)C2=O. The van der Waals surface area contributed by atoms with Crippen LogP contribution in [-0.2, 0) is 4.74 Å². The number of hydrogen-bond acceptors (Lipinski definition) is 4. The number of rotatable bonds is 6. The molecule has 2 heterocycles. The van der Waals surface area contributed by atoms with E-state index >= 15 is 0 Å². The summed E-state index contributed by atoms with van der Waals surface area (Å²) in [7, 11) is 1.75. The second-order valence-corrected chi connectivity index (χ2v) is 6.70. The summed E-state index contributed by atoms with van der Waals surface area (Å²) in [6.07, 6.45) is 3.67.